The van der Waals surface area contributed by atoms with Crippen LogP contribution in [0.15, 0.2) is 0 Å². The molecule has 0 aromatic carbocycles. The lowest BCUT2D eigenvalue weighted by molar-refractivity contribution is 2.55. The first-order valence-electron chi connectivity index (χ1n) is 1.42. The molecule has 0 aromatic heterocycles. The number of thiol groups is 1. The molecule has 0 aliphatic carbocycles. The Bertz CT molecular complexity index is 103. The maximum Gasteiger partial charge on any atom is 0.0207 e. The Balaban J connectivity index is 3.49. The third-order valence-electron chi connectivity index (χ3n) is 0.240. The van der Waals surface area contributed by atoms with Gasteiger partial charge in [0.25, 0.3) is 0 Å². The zero-order valence-electron chi connectivity index (χ0n) is 3.90. The van der Waals surface area contributed by atoms with Crippen molar-refractivity contribution < 1.29 is 0 Å². The molecule has 0 spiro atoms. The van der Waals surface area contributed by atoms with Crippen molar-refractivity contribution >= 4 is 69.7 Å². The van der Waals surface area contributed by atoms with Crippen LogP contribution in [0.3, 0.4) is 0 Å². The first kappa shape index (κ1) is 10.2. The molecule has 7 heteroatoms. The van der Waals surface area contributed by atoms with Crippen LogP contribution >= 0.6 is 32.3 Å². The summed E-state index contributed by atoms with van der Waals surface area (Å²) in [7, 11) is 2.83. The summed E-state index contributed by atoms with van der Waals surface area (Å²) < 4.78 is 0. The van der Waals surface area contributed by atoms with Gasteiger partial charge in [0.1, 0.15) is 0 Å². The van der Waals surface area contributed by atoms with Crippen LogP contribution in [-0.4, -0.2) is 6.26 Å². The third kappa shape index (κ3) is 5.01. The van der Waals surface area contributed by atoms with Crippen molar-refractivity contribution in [3.8, 4) is 0 Å². The molecule has 0 amide bonds. The summed E-state index contributed by atoms with van der Waals surface area (Å²) in [5.74, 6) is 0. The van der Waals surface area contributed by atoms with Crippen molar-refractivity contribution in [3.63, 3.8) is 0 Å². The number of rotatable bonds is 3. The van der Waals surface area contributed by atoms with E-state index >= 15 is 0 Å². The lowest BCUT2D eigenvalue weighted by Crippen LogP contribution is -1.76. The number of hydrogen-bond acceptors (Lipinski definition) is 4. The van der Waals surface area contributed by atoms with Gasteiger partial charge in [0, 0.05) is 15.0 Å². The molecule has 0 aliphatic rings. The molecule has 2 unspecified atom stereocenters. The summed E-state index contributed by atoms with van der Waals surface area (Å²) in [6, 6.07) is 0. The van der Waals surface area contributed by atoms with Crippen LogP contribution in [0.4, 0.5) is 0 Å². The Kier molecular flexibility index (Phi) is 7.56. The van der Waals surface area contributed by atoms with Gasteiger partial charge in [0.15, 0.2) is 0 Å². The maximum absolute atomic E-state index is 4.96. The largest absolute Gasteiger partial charge is 0.0950 e. The molecule has 0 radical (unpaired) electrons. The minimum Gasteiger partial charge on any atom is -0.0950 e. The number of hydrogen-bond donors (Lipinski definition) is 1. The molecule has 0 heterocycles. The summed E-state index contributed by atoms with van der Waals surface area (Å²) >= 11 is 13.8. The lowest BCUT2D eigenvalue weighted by atomic mass is 12.0. The van der Waals surface area contributed by atoms with Crippen LogP contribution in [0.2, 0.25) is 0 Å². The zero-order chi connectivity index (χ0) is 6.57. The summed E-state index contributed by atoms with van der Waals surface area (Å²) in [6.07, 6.45) is 1.99. The Morgan fingerprint density at radius 2 is 2.00 bits per heavy atom. The van der Waals surface area contributed by atoms with Gasteiger partial charge < -0.3 is 0 Å². The summed E-state index contributed by atoms with van der Waals surface area (Å²) in [4.78, 5) is 0. The minimum absolute atomic E-state index is 0.152. The van der Waals surface area contributed by atoms with Gasteiger partial charge >= 0.3 is 0 Å². The van der Waals surface area contributed by atoms with E-state index in [1.54, 1.807) is 20.6 Å². The van der Waals surface area contributed by atoms with E-state index in [-0.39, 0.29) is 15.0 Å². The van der Waals surface area contributed by atoms with E-state index in [0.717, 1.165) is 0 Å². The van der Waals surface area contributed by atoms with Crippen LogP contribution in [0.25, 0.3) is 0 Å². The van der Waals surface area contributed by atoms with E-state index in [1.165, 1.54) is 0 Å². The maximum atomic E-state index is 4.96. The fourth-order valence-electron chi connectivity index (χ4n) is 0.0793. The zero-order valence-corrected chi connectivity index (χ0v) is 9.69. The molecule has 50 valence electrons. The van der Waals surface area contributed by atoms with Gasteiger partial charge in [-0.2, -0.15) is 0 Å². The van der Waals surface area contributed by atoms with Crippen molar-refractivity contribution in [2.45, 2.75) is 0 Å². The third-order valence-corrected chi connectivity index (χ3v) is 15.8. The standard InChI is InChI=1S/CH4S7/c1-5-6-8(4)7(2)3/h1H3,(H,2,3). The molecule has 0 saturated carbocycles. The molecule has 0 rings (SSSR count). The van der Waals surface area contributed by atoms with E-state index in [4.69, 9.17) is 22.4 Å². The monoisotopic (exact) mass is 240 g/mol. The van der Waals surface area contributed by atoms with Crippen LogP contribution in [0.1, 0.15) is 0 Å². The second kappa shape index (κ2) is 5.94. The highest BCUT2D eigenvalue weighted by Crippen LogP contribution is 2.25. The van der Waals surface area contributed by atoms with Crippen LogP contribution in [-0.2, 0) is 37.4 Å². The lowest BCUT2D eigenvalue weighted by Gasteiger charge is -1.94. The molecular formula is CH4S7. The van der Waals surface area contributed by atoms with Crippen LogP contribution in [0, 0.1) is 0 Å². The highest BCUT2D eigenvalue weighted by molar-refractivity contribution is 9.35. The SMILES string of the molecule is CSSS(=S)S(=S)S. The average molecular weight is 241 g/mol. The van der Waals surface area contributed by atoms with E-state index < -0.39 is 0 Å². The molecule has 2 atom stereocenters. The first-order valence-corrected chi connectivity index (χ1v) is 10.4. The van der Waals surface area contributed by atoms with E-state index in [1.807, 2.05) is 6.26 Å². The summed E-state index contributed by atoms with van der Waals surface area (Å²) in [5.41, 5.74) is 0. The van der Waals surface area contributed by atoms with Gasteiger partial charge in [-0.15, -0.1) is 0 Å². The Labute approximate surface area is 75.1 Å². The Morgan fingerprint density at radius 1 is 1.50 bits per heavy atom. The van der Waals surface area contributed by atoms with Crippen molar-refractivity contribution in [3.05, 3.63) is 0 Å². The second-order valence-electron chi connectivity index (χ2n) is 0.656. The van der Waals surface area contributed by atoms with Gasteiger partial charge in [0.05, 0.1) is 0 Å². The molecule has 0 fully saturated rings. The van der Waals surface area contributed by atoms with Gasteiger partial charge in [0.2, 0.25) is 0 Å². The predicted molar refractivity (Wildman–Crippen MR) is 59.6 cm³/mol. The molecule has 0 aliphatic heterocycles. The Hall–Kier alpha value is 2.19. The fraction of sp³-hybridized carbons (Fsp3) is 1.00. The average Bonchev–Trinajstić information content (AvgIpc) is 1.67. The van der Waals surface area contributed by atoms with Gasteiger partial charge in [-0.3, -0.25) is 0 Å². The predicted octanol–water partition coefficient (Wildman–Crippen LogP) is 1.83. The summed E-state index contributed by atoms with van der Waals surface area (Å²) in [6.45, 7) is 0. The van der Waals surface area contributed by atoms with E-state index in [2.05, 4.69) is 11.7 Å². The van der Waals surface area contributed by atoms with Crippen molar-refractivity contribution in [1.29, 1.82) is 0 Å². The minimum atomic E-state index is -0.298. The van der Waals surface area contributed by atoms with Crippen LogP contribution < -0.4 is 0 Å². The normalized spacial score (nSPS) is 17.8. The molecule has 0 aromatic rings. The van der Waals surface area contributed by atoms with Crippen molar-refractivity contribution in [1.82, 2.24) is 0 Å². The highest BCUT2D eigenvalue weighted by Gasteiger charge is 1.93. The summed E-state index contributed by atoms with van der Waals surface area (Å²) in [5, 5.41) is 0. The van der Waals surface area contributed by atoms with E-state index in [9.17, 15) is 0 Å². The topological polar surface area (TPSA) is 0 Å². The van der Waals surface area contributed by atoms with Crippen LogP contribution in [0.5, 0.6) is 0 Å². The molecule has 0 nitrogen and oxygen atoms in total. The molecular weight excluding hydrogens is 236 g/mol. The Morgan fingerprint density at radius 3 is 2.12 bits per heavy atom. The van der Waals surface area contributed by atoms with Crippen molar-refractivity contribution in [2.24, 2.45) is 0 Å². The smallest absolute Gasteiger partial charge is 0.0207 e. The van der Waals surface area contributed by atoms with Gasteiger partial charge in [-0.25, -0.2) is 0 Å². The van der Waals surface area contributed by atoms with E-state index in [0.29, 0.717) is 0 Å². The highest BCUT2D eigenvalue weighted by atomic mass is 34.0. The molecule has 0 N–H and O–H groups in total. The molecule has 0 saturated heterocycles. The quantitative estimate of drug-likeness (QED) is 0.590. The fourth-order valence-corrected chi connectivity index (χ4v) is 10.3. The van der Waals surface area contributed by atoms with Crippen molar-refractivity contribution in [2.75, 3.05) is 6.26 Å². The van der Waals surface area contributed by atoms with Gasteiger partial charge in [-0.1, -0.05) is 22.5 Å². The second-order valence-corrected chi connectivity index (χ2v) is 14.7. The molecule has 8 heavy (non-hydrogen) atoms. The van der Waals surface area contributed by atoms with Gasteiger partial charge in [-0.05, 0) is 38.5 Å². The first-order chi connectivity index (χ1) is 3.68. The molecule has 0 bridgehead atoms.